The summed E-state index contributed by atoms with van der Waals surface area (Å²) in [5.74, 6) is -1.72. The van der Waals surface area contributed by atoms with Gasteiger partial charge in [-0.15, -0.1) is 0 Å². The Morgan fingerprint density at radius 2 is 1.93 bits per heavy atom. The second-order valence-electron chi connectivity index (χ2n) is 6.32. The van der Waals surface area contributed by atoms with Crippen LogP contribution < -0.4 is 15.7 Å². The summed E-state index contributed by atoms with van der Waals surface area (Å²) in [5, 5.41) is 3.11. The van der Waals surface area contributed by atoms with Crippen LogP contribution in [-0.4, -0.2) is 12.5 Å². The number of benzene rings is 2. The topological polar surface area (TPSA) is 68.5 Å². The molecule has 1 amide bonds. The van der Waals surface area contributed by atoms with E-state index in [1.165, 1.54) is 0 Å². The number of ether oxygens (including phenoxy) is 1. The number of halogens is 2. The monoisotopic (exact) mass is 371 g/mol. The highest BCUT2D eigenvalue weighted by molar-refractivity contribution is 5.92. The summed E-state index contributed by atoms with van der Waals surface area (Å²) >= 11 is 0. The normalized spacial score (nSPS) is 12.8. The highest BCUT2D eigenvalue weighted by Crippen LogP contribution is 2.29. The van der Waals surface area contributed by atoms with Crippen molar-refractivity contribution in [2.24, 2.45) is 0 Å². The lowest BCUT2D eigenvalue weighted by Gasteiger charge is -2.10. The van der Waals surface area contributed by atoms with Crippen molar-refractivity contribution >= 4 is 22.6 Å². The molecule has 0 atom stereocenters. The average molecular weight is 371 g/mol. The molecule has 1 heterocycles. The van der Waals surface area contributed by atoms with Gasteiger partial charge in [-0.1, -0.05) is 0 Å². The van der Waals surface area contributed by atoms with Gasteiger partial charge in [0.25, 0.3) is 5.91 Å². The van der Waals surface area contributed by atoms with E-state index in [4.69, 9.17) is 9.15 Å². The zero-order chi connectivity index (χ0) is 19.0. The van der Waals surface area contributed by atoms with Gasteiger partial charge in [-0.3, -0.25) is 4.79 Å². The zero-order valence-corrected chi connectivity index (χ0v) is 14.2. The molecule has 3 aromatic rings. The SMILES string of the molecule is O=C(COc1ccc2c3c(c(=O)oc2c1)CCC3)Nc1cc(F)ccc1F. The number of hydrogen-bond acceptors (Lipinski definition) is 4. The number of fused-ring (bicyclic) bond motifs is 3. The average Bonchev–Trinajstić information content (AvgIpc) is 3.13. The van der Waals surface area contributed by atoms with Gasteiger partial charge in [-0.05, 0) is 49.1 Å². The van der Waals surface area contributed by atoms with Crippen molar-refractivity contribution in [2.45, 2.75) is 19.3 Å². The highest BCUT2D eigenvalue weighted by Gasteiger charge is 2.19. The predicted octanol–water partition coefficient (Wildman–Crippen LogP) is 3.58. The Hall–Kier alpha value is -3.22. The molecule has 0 spiro atoms. The number of carbonyl (C=O) groups excluding carboxylic acids is 1. The molecule has 0 bridgehead atoms. The van der Waals surface area contributed by atoms with Crippen molar-refractivity contribution in [3.63, 3.8) is 0 Å². The molecule has 7 heteroatoms. The fourth-order valence-electron chi connectivity index (χ4n) is 3.28. The van der Waals surface area contributed by atoms with Gasteiger partial charge in [0.2, 0.25) is 0 Å². The molecule has 27 heavy (non-hydrogen) atoms. The third kappa shape index (κ3) is 3.40. The molecular formula is C20H15F2NO4. The summed E-state index contributed by atoms with van der Waals surface area (Å²) in [6, 6.07) is 7.79. The second-order valence-corrected chi connectivity index (χ2v) is 6.32. The van der Waals surface area contributed by atoms with Gasteiger partial charge in [0.15, 0.2) is 6.61 Å². The molecule has 5 nitrogen and oxygen atoms in total. The smallest absolute Gasteiger partial charge is 0.339 e. The van der Waals surface area contributed by atoms with Gasteiger partial charge in [-0.2, -0.15) is 0 Å². The van der Waals surface area contributed by atoms with Crippen molar-refractivity contribution in [3.8, 4) is 5.75 Å². The van der Waals surface area contributed by atoms with E-state index in [0.717, 1.165) is 54.0 Å². The Morgan fingerprint density at radius 1 is 1.11 bits per heavy atom. The number of hydrogen-bond donors (Lipinski definition) is 1. The van der Waals surface area contributed by atoms with Crippen LogP contribution in [0.2, 0.25) is 0 Å². The van der Waals surface area contributed by atoms with Crippen LogP contribution >= 0.6 is 0 Å². The van der Waals surface area contributed by atoms with Crippen LogP contribution in [-0.2, 0) is 17.6 Å². The van der Waals surface area contributed by atoms with Crippen molar-refractivity contribution in [1.82, 2.24) is 0 Å². The molecule has 1 aromatic heterocycles. The van der Waals surface area contributed by atoms with E-state index in [1.54, 1.807) is 18.2 Å². The molecule has 0 saturated carbocycles. The number of carbonyl (C=O) groups is 1. The standard InChI is InChI=1S/C20H15F2NO4/c21-11-4-7-16(22)17(8-11)23-19(24)10-26-12-5-6-14-13-2-1-3-15(13)20(25)27-18(14)9-12/h4-9H,1-3,10H2,(H,23,24). The summed E-state index contributed by atoms with van der Waals surface area (Å²) in [7, 11) is 0. The van der Waals surface area contributed by atoms with Gasteiger partial charge in [0.05, 0.1) is 5.69 Å². The van der Waals surface area contributed by atoms with Crippen LogP contribution in [0.1, 0.15) is 17.5 Å². The molecule has 0 fully saturated rings. The Balaban J connectivity index is 1.49. The summed E-state index contributed by atoms with van der Waals surface area (Å²) in [6.45, 7) is -0.406. The van der Waals surface area contributed by atoms with Gasteiger partial charge < -0.3 is 14.5 Å². The van der Waals surface area contributed by atoms with E-state index in [9.17, 15) is 18.4 Å². The highest BCUT2D eigenvalue weighted by atomic mass is 19.1. The molecule has 2 aromatic carbocycles. The van der Waals surface area contributed by atoms with Crippen molar-refractivity contribution in [3.05, 3.63) is 69.6 Å². The third-order valence-electron chi connectivity index (χ3n) is 4.52. The van der Waals surface area contributed by atoms with Gasteiger partial charge in [0, 0.05) is 23.1 Å². The minimum absolute atomic E-state index is 0.260. The first-order valence-corrected chi connectivity index (χ1v) is 8.47. The van der Waals surface area contributed by atoms with Crippen molar-refractivity contribution < 1.29 is 22.7 Å². The third-order valence-corrected chi connectivity index (χ3v) is 4.52. The number of anilines is 1. The molecule has 138 valence electrons. The van der Waals surface area contributed by atoms with Crippen LogP contribution in [0, 0.1) is 11.6 Å². The van der Waals surface area contributed by atoms with E-state index in [-0.39, 0.29) is 11.3 Å². The maximum atomic E-state index is 13.6. The minimum Gasteiger partial charge on any atom is -0.484 e. The van der Waals surface area contributed by atoms with Crippen LogP contribution in [0.3, 0.4) is 0 Å². The van der Waals surface area contributed by atoms with Gasteiger partial charge in [0.1, 0.15) is 23.0 Å². The van der Waals surface area contributed by atoms with E-state index < -0.39 is 24.1 Å². The summed E-state index contributed by atoms with van der Waals surface area (Å²) in [5.41, 5.74) is 1.53. The molecular weight excluding hydrogens is 356 g/mol. The molecule has 1 aliphatic rings. The van der Waals surface area contributed by atoms with Crippen LogP contribution in [0.5, 0.6) is 5.75 Å². The lowest BCUT2D eigenvalue weighted by atomic mass is 10.1. The lowest BCUT2D eigenvalue weighted by Crippen LogP contribution is -2.21. The molecule has 0 aliphatic heterocycles. The lowest BCUT2D eigenvalue weighted by molar-refractivity contribution is -0.118. The largest absolute Gasteiger partial charge is 0.484 e. The first kappa shape index (κ1) is 17.2. The number of amides is 1. The Labute approximate surface area is 152 Å². The van der Waals surface area contributed by atoms with Gasteiger partial charge in [-0.25, -0.2) is 13.6 Å². The van der Waals surface area contributed by atoms with Crippen molar-refractivity contribution in [1.29, 1.82) is 0 Å². The van der Waals surface area contributed by atoms with Crippen molar-refractivity contribution in [2.75, 3.05) is 11.9 Å². The molecule has 1 N–H and O–H groups in total. The van der Waals surface area contributed by atoms with E-state index in [0.29, 0.717) is 11.3 Å². The zero-order valence-electron chi connectivity index (χ0n) is 14.2. The fourth-order valence-corrected chi connectivity index (χ4v) is 3.28. The first-order chi connectivity index (χ1) is 13.0. The second kappa shape index (κ2) is 6.83. The Bertz CT molecular complexity index is 1110. The first-order valence-electron chi connectivity index (χ1n) is 8.47. The summed E-state index contributed by atoms with van der Waals surface area (Å²) in [6.07, 6.45) is 2.48. The van der Waals surface area contributed by atoms with E-state index in [1.807, 2.05) is 0 Å². The summed E-state index contributed by atoms with van der Waals surface area (Å²) < 4.78 is 37.4. The fraction of sp³-hybridized carbons (Fsp3) is 0.200. The number of rotatable bonds is 4. The maximum absolute atomic E-state index is 13.6. The molecule has 0 radical (unpaired) electrons. The van der Waals surface area contributed by atoms with E-state index >= 15 is 0 Å². The molecule has 4 rings (SSSR count). The Kier molecular flexibility index (Phi) is 4.35. The van der Waals surface area contributed by atoms with Crippen LogP contribution in [0.15, 0.2) is 45.6 Å². The maximum Gasteiger partial charge on any atom is 0.339 e. The molecule has 0 unspecified atom stereocenters. The quantitative estimate of drug-likeness (QED) is 0.712. The number of aryl methyl sites for hydroxylation is 1. The molecule has 1 aliphatic carbocycles. The summed E-state index contributed by atoms with van der Waals surface area (Å²) in [4.78, 5) is 23.9. The van der Waals surface area contributed by atoms with Crippen LogP contribution in [0.4, 0.5) is 14.5 Å². The Morgan fingerprint density at radius 3 is 2.78 bits per heavy atom. The van der Waals surface area contributed by atoms with Crippen LogP contribution in [0.25, 0.3) is 11.0 Å². The van der Waals surface area contributed by atoms with Gasteiger partial charge >= 0.3 is 5.63 Å². The molecule has 0 saturated heterocycles. The van der Waals surface area contributed by atoms with E-state index in [2.05, 4.69) is 5.32 Å². The predicted molar refractivity (Wildman–Crippen MR) is 95.0 cm³/mol. The number of nitrogens with one attached hydrogen (secondary N) is 1. The minimum atomic E-state index is -0.744.